The van der Waals surface area contributed by atoms with Crippen LogP contribution in [0.1, 0.15) is 17.5 Å². The quantitative estimate of drug-likeness (QED) is 0.850. The molecule has 0 bridgehead atoms. The van der Waals surface area contributed by atoms with Gasteiger partial charge in [0, 0.05) is 5.56 Å². The number of hydrogen-bond donors (Lipinski definition) is 1. The molecule has 0 aliphatic heterocycles. The van der Waals surface area contributed by atoms with Crippen LogP contribution in [0.3, 0.4) is 0 Å². The summed E-state index contributed by atoms with van der Waals surface area (Å²) < 4.78 is 0. The number of aryl methyl sites for hydroxylation is 2. The maximum absolute atomic E-state index is 8.49. The van der Waals surface area contributed by atoms with E-state index in [9.17, 15) is 0 Å². The second kappa shape index (κ2) is 5.07. The first kappa shape index (κ1) is 11.7. The molecule has 1 aliphatic carbocycles. The molecule has 0 amide bonds. The Kier molecular flexibility index (Phi) is 3.11. The van der Waals surface area contributed by atoms with Gasteiger partial charge >= 0.3 is 0 Å². The number of nitriles is 1. The average Bonchev–Trinajstić information content (AvgIpc) is 2.93. The summed E-state index contributed by atoms with van der Waals surface area (Å²) in [6.07, 6.45) is 3.61. The lowest BCUT2D eigenvalue weighted by Crippen LogP contribution is -2.02. The molecular weight excluding hydrogens is 236 g/mol. The average molecular weight is 250 g/mol. The first-order valence-electron chi connectivity index (χ1n) is 6.43. The minimum atomic E-state index is 0.243. The maximum Gasteiger partial charge on any atom is 0.149 e. The van der Waals surface area contributed by atoms with Gasteiger partial charge in [-0.05, 0) is 48.6 Å². The van der Waals surface area contributed by atoms with Gasteiger partial charge in [0.25, 0.3) is 0 Å². The molecule has 0 atom stereocenters. The van der Waals surface area contributed by atoms with Crippen LogP contribution in [0.5, 0.6) is 0 Å². The number of hydrogen-bond acceptors (Lipinski definition) is 4. The lowest BCUT2D eigenvalue weighted by atomic mass is 10.0. The van der Waals surface area contributed by atoms with Crippen LogP contribution in [-0.2, 0) is 12.8 Å². The Morgan fingerprint density at radius 2 is 2.00 bits per heavy atom. The van der Waals surface area contributed by atoms with Gasteiger partial charge in [-0.25, -0.2) is 0 Å². The van der Waals surface area contributed by atoms with Gasteiger partial charge in [0.05, 0.1) is 11.8 Å². The van der Waals surface area contributed by atoms with Crippen LogP contribution in [0.15, 0.2) is 30.3 Å². The number of nitrogens with zero attached hydrogens (tertiary/aromatic N) is 3. The summed E-state index contributed by atoms with van der Waals surface area (Å²) in [5, 5.41) is 19.6. The van der Waals surface area contributed by atoms with Gasteiger partial charge in [0.15, 0.2) is 0 Å². The molecule has 0 radical (unpaired) electrons. The van der Waals surface area contributed by atoms with E-state index in [4.69, 9.17) is 5.26 Å². The van der Waals surface area contributed by atoms with Crippen molar-refractivity contribution in [2.45, 2.75) is 19.3 Å². The monoisotopic (exact) mass is 250 g/mol. The van der Waals surface area contributed by atoms with Crippen LogP contribution in [0.25, 0.3) is 11.3 Å². The molecule has 1 aromatic carbocycles. The minimum absolute atomic E-state index is 0.243. The van der Waals surface area contributed by atoms with Gasteiger partial charge in [-0.1, -0.05) is 12.1 Å². The Hall–Kier alpha value is -2.41. The third kappa shape index (κ3) is 2.41. The van der Waals surface area contributed by atoms with E-state index < -0.39 is 0 Å². The third-order valence-corrected chi connectivity index (χ3v) is 3.41. The summed E-state index contributed by atoms with van der Waals surface area (Å²) in [7, 11) is 0. The molecule has 1 aliphatic rings. The van der Waals surface area contributed by atoms with E-state index in [0.29, 0.717) is 5.82 Å². The predicted molar refractivity (Wildman–Crippen MR) is 73.6 cm³/mol. The topological polar surface area (TPSA) is 61.6 Å². The molecule has 0 unspecified atom stereocenters. The van der Waals surface area contributed by atoms with Crippen molar-refractivity contribution in [3.05, 3.63) is 41.5 Å². The molecule has 1 N–H and O–H groups in total. The van der Waals surface area contributed by atoms with E-state index in [1.54, 1.807) is 0 Å². The molecule has 19 heavy (non-hydrogen) atoms. The van der Waals surface area contributed by atoms with Crippen molar-refractivity contribution in [2.24, 2.45) is 0 Å². The molecule has 4 heteroatoms. The number of benzene rings is 1. The number of anilines is 1. The lowest BCUT2D eigenvalue weighted by molar-refractivity contribution is 0.912. The van der Waals surface area contributed by atoms with E-state index in [1.165, 1.54) is 30.4 Å². The summed E-state index contributed by atoms with van der Waals surface area (Å²) in [6.45, 7) is 0.243. The number of aromatic nitrogens is 2. The summed E-state index contributed by atoms with van der Waals surface area (Å²) in [5.74, 6) is 0.631. The number of rotatable bonds is 3. The van der Waals surface area contributed by atoms with Gasteiger partial charge in [-0.3, -0.25) is 0 Å². The van der Waals surface area contributed by atoms with Gasteiger partial charge in [-0.2, -0.15) is 5.26 Å². The fourth-order valence-corrected chi connectivity index (χ4v) is 2.44. The van der Waals surface area contributed by atoms with Gasteiger partial charge in [0.1, 0.15) is 12.4 Å². The third-order valence-electron chi connectivity index (χ3n) is 3.41. The Morgan fingerprint density at radius 1 is 1.11 bits per heavy atom. The van der Waals surface area contributed by atoms with Crippen molar-refractivity contribution in [1.29, 1.82) is 5.26 Å². The standard InChI is InChI=1S/C15H14N4/c16-8-9-17-15-7-6-14(18-19-15)13-5-4-11-2-1-3-12(11)10-13/h4-7,10H,1-3,9H2,(H,17,19). The van der Waals surface area contributed by atoms with Crippen LogP contribution < -0.4 is 5.32 Å². The van der Waals surface area contributed by atoms with E-state index >= 15 is 0 Å². The highest BCUT2D eigenvalue weighted by atomic mass is 15.2. The highest BCUT2D eigenvalue weighted by Crippen LogP contribution is 2.27. The number of nitrogens with one attached hydrogen (secondary N) is 1. The minimum Gasteiger partial charge on any atom is -0.356 e. The Labute approximate surface area is 112 Å². The van der Waals surface area contributed by atoms with E-state index in [1.807, 2.05) is 18.2 Å². The fourth-order valence-electron chi connectivity index (χ4n) is 2.44. The molecule has 94 valence electrons. The van der Waals surface area contributed by atoms with Crippen LogP contribution in [0.4, 0.5) is 5.82 Å². The second-order valence-electron chi connectivity index (χ2n) is 4.65. The molecular formula is C15H14N4. The molecule has 4 nitrogen and oxygen atoms in total. The molecule has 1 aromatic heterocycles. The predicted octanol–water partition coefficient (Wildman–Crippen LogP) is 2.57. The first-order chi connectivity index (χ1) is 9.36. The Bertz CT molecular complexity index is 626. The SMILES string of the molecule is N#CCNc1ccc(-c2ccc3c(c2)CCC3)nn1. The molecule has 0 spiro atoms. The summed E-state index contributed by atoms with van der Waals surface area (Å²) in [5.41, 5.74) is 4.88. The zero-order valence-electron chi connectivity index (χ0n) is 10.6. The lowest BCUT2D eigenvalue weighted by Gasteiger charge is -2.05. The summed E-state index contributed by atoms with van der Waals surface area (Å²) in [4.78, 5) is 0. The second-order valence-corrected chi connectivity index (χ2v) is 4.65. The van der Waals surface area contributed by atoms with Crippen molar-refractivity contribution in [1.82, 2.24) is 10.2 Å². The molecule has 0 saturated carbocycles. The normalized spacial score (nSPS) is 12.8. The summed E-state index contributed by atoms with van der Waals surface area (Å²) >= 11 is 0. The van der Waals surface area contributed by atoms with Crippen molar-refractivity contribution in [3.63, 3.8) is 0 Å². The van der Waals surface area contributed by atoms with Crippen LogP contribution in [-0.4, -0.2) is 16.7 Å². The highest BCUT2D eigenvalue weighted by Gasteiger charge is 2.11. The Morgan fingerprint density at radius 3 is 2.79 bits per heavy atom. The zero-order valence-corrected chi connectivity index (χ0v) is 10.6. The number of fused-ring (bicyclic) bond motifs is 1. The molecule has 3 rings (SSSR count). The van der Waals surface area contributed by atoms with Crippen molar-refractivity contribution < 1.29 is 0 Å². The molecule has 0 fully saturated rings. The Balaban J connectivity index is 1.84. The van der Waals surface area contributed by atoms with Crippen molar-refractivity contribution in [3.8, 4) is 17.3 Å². The van der Waals surface area contributed by atoms with Gasteiger partial charge < -0.3 is 5.32 Å². The zero-order chi connectivity index (χ0) is 13.1. The van der Waals surface area contributed by atoms with E-state index in [-0.39, 0.29) is 6.54 Å². The van der Waals surface area contributed by atoms with E-state index in [0.717, 1.165) is 11.3 Å². The van der Waals surface area contributed by atoms with Crippen LogP contribution in [0.2, 0.25) is 0 Å². The fraction of sp³-hybridized carbons (Fsp3) is 0.267. The molecule has 0 saturated heterocycles. The smallest absolute Gasteiger partial charge is 0.149 e. The van der Waals surface area contributed by atoms with Crippen LogP contribution in [0, 0.1) is 11.3 Å². The summed E-state index contributed by atoms with van der Waals surface area (Å²) in [6, 6.07) is 12.3. The van der Waals surface area contributed by atoms with Gasteiger partial charge in [0.2, 0.25) is 0 Å². The largest absolute Gasteiger partial charge is 0.356 e. The van der Waals surface area contributed by atoms with Crippen LogP contribution >= 0.6 is 0 Å². The highest BCUT2D eigenvalue weighted by molar-refractivity contribution is 5.62. The molecule has 1 heterocycles. The van der Waals surface area contributed by atoms with Crippen molar-refractivity contribution in [2.75, 3.05) is 11.9 Å². The van der Waals surface area contributed by atoms with E-state index in [2.05, 4.69) is 33.7 Å². The van der Waals surface area contributed by atoms with Gasteiger partial charge in [-0.15, -0.1) is 10.2 Å². The molecule has 2 aromatic rings. The van der Waals surface area contributed by atoms with Crippen molar-refractivity contribution >= 4 is 5.82 Å². The maximum atomic E-state index is 8.49. The first-order valence-corrected chi connectivity index (χ1v) is 6.43.